The third kappa shape index (κ3) is 1.99. The van der Waals surface area contributed by atoms with E-state index in [4.69, 9.17) is 0 Å². The highest BCUT2D eigenvalue weighted by atomic mass is 79.9. The fraction of sp³-hybridized carbons (Fsp3) is 0.556. The Morgan fingerprint density at radius 2 is 2.31 bits per heavy atom. The summed E-state index contributed by atoms with van der Waals surface area (Å²) in [6.45, 7) is 2.26. The molecular weight excluding hydrogens is 230 g/mol. The summed E-state index contributed by atoms with van der Waals surface area (Å²) < 4.78 is 0.831. The number of hydrogen-bond acceptors (Lipinski definition) is 3. The monoisotopic (exact) mass is 241 g/mol. The van der Waals surface area contributed by atoms with Crippen LogP contribution in [0.5, 0.6) is 0 Å². The van der Waals surface area contributed by atoms with Crippen molar-refractivity contribution in [3.63, 3.8) is 0 Å². The molecule has 1 aromatic rings. The molecule has 3 nitrogen and oxygen atoms in total. The van der Waals surface area contributed by atoms with Crippen molar-refractivity contribution in [1.82, 2.24) is 9.97 Å². The molecule has 1 aliphatic rings. The Labute approximate surface area is 86.1 Å². The number of aromatic nitrogens is 2. The van der Waals surface area contributed by atoms with Gasteiger partial charge in [-0.05, 0) is 34.7 Å². The van der Waals surface area contributed by atoms with Crippen molar-refractivity contribution in [3.8, 4) is 0 Å². The summed E-state index contributed by atoms with van der Waals surface area (Å²) in [5.74, 6) is 1.69. The van der Waals surface area contributed by atoms with Crippen LogP contribution in [0.15, 0.2) is 17.0 Å². The van der Waals surface area contributed by atoms with Gasteiger partial charge in [-0.15, -0.1) is 0 Å². The van der Waals surface area contributed by atoms with Gasteiger partial charge in [-0.25, -0.2) is 9.97 Å². The topological polar surface area (TPSA) is 37.8 Å². The Hall–Kier alpha value is -0.640. The van der Waals surface area contributed by atoms with Gasteiger partial charge in [0, 0.05) is 12.1 Å². The SMILES string of the molecule is CC1CCC1Nc1cc(Br)ncn1. The van der Waals surface area contributed by atoms with Crippen LogP contribution < -0.4 is 5.32 Å². The van der Waals surface area contributed by atoms with Gasteiger partial charge in [0.05, 0.1) is 0 Å². The second-order valence-electron chi connectivity index (χ2n) is 3.53. The maximum absolute atomic E-state index is 4.14. The molecule has 1 heterocycles. The van der Waals surface area contributed by atoms with Crippen molar-refractivity contribution >= 4 is 21.7 Å². The molecule has 1 saturated carbocycles. The number of halogens is 1. The van der Waals surface area contributed by atoms with Gasteiger partial charge >= 0.3 is 0 Å². The molecule has 0 aromatic carbocycles. The Bertz CT molecular complexity index is 303. The minimum Gasteiger partial charge on any atom is -0.367 e. The second kappa shape index (κ2) is 3.62. The summed E-state index contributed by atoms with van der Waals surface area (Å²) in [6.07, 6.45) is 4.14. The van der Waals surface area contributed by atoms with Gasteiger partial charge in [0.15, 0.2) is 0 Å². The van der Waals surface area contributed by atoms with Crippen LogP contribution in [0.1, 0.15) is 19.8 Å². The molecule has 1 N–H and O–H groups in total. The number of hydrogen-bond donors (Lipinski definition) is 1. The zero-order valence-electron chi connectivity index (χ0n) is 7.50. The minimum atomic E-state index is 0.599. The number of rotatable bonds is 2. The first-order chi connectivity index (χ1) is 6.25. The predicted octanol–water partition coefficient (Wildman–Crippen LogP) is 2.45. The van der Waals surface area contributed by atoms with Gasteiger partial charge in [0.2, 0.25) is 0 Å². The maximum Gasteiger partial charge on any atom is 0.130 e. The van der Waals surface area contributed by atoms with E-state index in [1.807, 2.05) is 6.07 Å². The van der Waals surface area contributed by atoms with Gasteiger partial charge in [0.1, 0.15) is 16.7 Å². The lowest BCUT2D eigenvalue weighted by Crippen LogP contribution is -2.36. The van der Waals surface area contributed by atoms with E-state index in [1.165, 1.54) is 12.8 Å². The molecule has 0 bridgehead atoms. The zero-order valence-corrected chi connectivity index (χ0v) is 9.08. The van der Waals surface area contributed by atoms with Crippen LogP contribution in [0.2, 0.25) is 0 Å². The highest BCUT2D eigenvalue weighted by molar-refractivity contribution is 9.10. The van der Waals surface area contributed by atoms with Crippen molar-refractivity contribution in [2.24, 2.45) is 5.92 Å². The Morgan fingerprint density at radius 3 is 2.85 bits per heavy atom. The first-order valence-corrected chi connectivity index (χ1v) is 5.29. The van der Waals surface area contributed by atoms with E-state index < -0.39 is 0 Å². The van der Waals surface area contributed by atoms with Crippen LogP contribution in [0.25, 0.3) is 0 Å². The van der Waals surface area contributed by atoms with Crippen molar-refractivity contribution < 1.29 is 0 Å². The van der Waals surface area contributed by atoms with Crippen LogP contribution in [-0.4, -0.2) is 16.0 Å². The number of nitrogens with zero attached hydrogens (tertiary/aromatic N) is 2. The molecule has 2 atom stereocenters. The average molecular weight is 242 g/mol. The van der Waals surface area contributed by atoms with E-state index in [1.54, 1.807) is 6.33 Å². The van der Waals surface area contributed by atoms with E-state index in [0.717, 1.165) is 16.3 Å². The predicted molar refractivity (Wildman–Crippen MR) is 55.5 cm³/mol. The van der Waals surface area contributed by atoms with E-state index in [0.29, 0.717) is 6.04 Å². The molecule has 0 spiro atoms. The van der Waals surface area contributed by atoms with Crippen LogP contribution in [0.3, 0.4) is 0 Å². The van der Waals surface area contributed by atoms with Crippen LogP contribution in [0, 0.1) is 5.92 Å². The molecular formula is C9H12BrN3. The summed E-state index contributed by atoms with van der Waals surface area (Å²) in [5, 5.41) is 3.39. The maximum atomic E-state index is 4.14. The standard InChI is InChI=1S/C9H12BrN3/c1-6-2-3-7(6)13-9-4-8(10)11-5-12-9/h4-7H,2-3H2,1H3,(H,11,12,13). The normalized spacial score (nSPS) is 26.6. The summed E-state index contributed by atoms with van der Waals surface area (Å²) >= 11 is 3.32. The molecule has 0 saturated heterocycles. The van der Waals surface area contributed by atoms with Gasteiger partial charge < -0.3 is 5.32 Å². The molecule has 0 radical (unpaired) electrons. The quantitative estimate of drug-likeness (QED) is 0.809. The fourth-order valence-electron chi connectivity index (χ4n) is 1.48. The Morgan fingerprint density at radius 1 is 1.46 bits per heavy atom. The summed E-state index contributed by atoms with van der Waals surface area (Å²) in [6, 6.07) is 2.51. The third-order valence-electron chi connectivity index (χ3n) is 2.59. The van der Waals surface area contributed by atoms with E-state index >= 15 is 0 Å². The smallest absolute Gasteiger partial charge is 0.130 e. The Balaban J connectivity index is 2.01. The summed E-state index contributed by atoms with van der Waals surface area (Å²) in [7, 11) is 0. The van der Waals surface area contributed by atoms with Crippen LogP contribution in [-0.2, 0) is 0 Å². The van der Waals surface area contributed by atoms with E-state index in [-0.39, 0.29) is 0 Å². The third-order valence-corrected chi connectivity index (χ3v) is 3.02. The lowest BCUT2D eigenvalue weighted by atomic mass is 9.81. The van der Waals surface area contributed by atoms with Crippen molar-refractivity contribution in [3.05, 3.63) is 17.0 Å². The lowest BCUT2D eigenvalue weighted by Gasteiger charge is -2.34. The Kier molecular flexibility index (Phi) is 2.49. The number of anilines is 1. The number of nitrogens with one attached hydrogen (secondary N) is 1. The molecule has 0 aliphatic heterocycles. The molecule has 2 rings (SSSR count). The molecule has 0 amide bonds. The molecule has 13 heavy (non-hydrogen) atoms. The highest BCUT2D eigenvalue weighted by Gasteiger charge is 2.26. The minimum absolute atomic E-state index is 0.599. The largest absolute Gasteiger partial charge is 0.367 e. The molecule has 2 unspecified atom stereocenters. The highest BCUT2D eigenvalue weighted by Crippen LogP contribution is 2.29. The van der Waals surface area contributed by atoms with Crippen molar-refractivity contribution in [2.75, 3.05) is 5.32 Å². The fourth-order valence-corrected chi connectivity index (χ4v) is 1.79. The first kappa shape index (κ1) is 8.94. The molecule has 1 fully saturated rings. The van der Waals surface area contributed by atoms with Crippen molar-refractivity contribution in [2.45, 2.75) is 25.8 Å². The second-order valence-corrected chi connectivity index (χ2v) is 4.34. The average Bonchev–Trinajstić information content (AvgIpc) is 2.12. The molecule has 4 heteroatoms. The van der Waals surface area contributed by atoms with E-state index in [9.17, 15) is 0 Å². The van der Waals surface area contributed by atoms with Crippen LogP contribution >= 0.6 is 15.9 Å². The van der Waals surface area contributed by atoms with Crippen LogP contribution in [0.4, 0.5) is 5.82 Å². The van der Waals surface area contributed by atoms with Gasteiger partial charge in [-0.2, -0.15) is 0 Å². The van der Waals surface area contributed by atoms with Gasteiger partial charge in [-0.1, -0.05) is 6.92 Å². The van der Waals surface area contributed by atoms with Gasteiger partial charge in [-0.3, -0.25) is 0 Å². The molecule has 70 valence electrons. The molecule has 1 aliphatic carbocycles. The molecule has 1 aromatic heterocycles. The van der Waals surface area contributed by atoms with Gasteiger partial charge in [0.25, 0.3) is 0 Å². The summed E-state index contributed by atoms with van der Waals surface area (Å²) in [4.78, 5) is 8.12. The van der Waals surface area contributed by atoms with Crippen molar-refractivity contribution in [1.29, 1.82) is 0 Å². The zero-order chi connectivity index (χ0) is 9.26. The first-order valence-electron chi connectivity index (χ1n) is 4.50. The van der Waals surface area contributed by atoms with E-state index in [2.05, 4.69) is 38.1 Å². The lowest BCUT2D eigenvalue weighted by molar-refractivity contribution is 0.303. The summed E-state index contributed by atoms with van der Waals surface area (Å²) in [5.41, 5.74) is 0.